The molecule has 0 aliphatic rings. The van der Waals surface area contributed by atoms with Gasteiger partial charge in [0.25, 0.3) is 0 Å². The van der Waals surface area contributed by atoms with E-state index >= 15 is 0 Å². The first-order valence-electron chi connectivity index (χ1n) is 7.34. The van der Waals surface area contributed by atoms with Crippen LogP contribution >= 0.6 is 34.8 Å². The molecule has 0 saturated carbocycles. The first-order chi connectivity index (χ1) is 11.5. The Kier molecular flexibility index (Phi) is 7.44. The third-order valence-corrected chi connectivity index (χ3v) is 4.07. The highest BCUT2D eigenvalue weighted by Gasteiger charge is 2.00. The Morgan fingerprint density at radius 1 is 1.04 bits per heavy atom. The maximum Gasteiger partial charge on any atom is 0.244 e. The third-order valence-electron chi connectivity index (χ3n) is 3.08. The molecule has 0 unspecified atom stereocenters. The number of halogens is 3. The van der Waals surface area contributed by atoms with E-state index in [1.807, 2.05) is 12.1 Å². The Labute approximate surface area is 156 Å². The molecule has 2 aromatic rings. The highest BCUT2D eigenvalue weighted by Crippen LogP contribution is 2.26. The Bertz CT molecular complexity index is 715. The molecular formula is C18H16Cl3NO2. The monoisotopic (exact) mass is 383 g/mol. The van der Waals surface area contributed by atoms with E-state index in [1.54, 1.807) is 36.4 Å². The molecule has 0 radical (unpaired) electrons. The summed E-state index contributed by atoms with van der Waals surface area (Å²) in [5, 5.41) is 4.40. The number of carbonyl (C=O) groups excluding carboxylic acids is 1. The molecule has 0 aliphatic heterocycles. The zero-order valence-corrected chi connectivity index (χ0v) is 15.0. The van der Waals surface area contributed by atoms with Crippen molar-refractivity contribution in [1.82, 2.24) is 5.32 Å². The summed E-state index contributed by atoms with van der Waals surface area (Å²) < 4.78 is 5.54. The first kappa shape index (κ1) is 18.7. The van der Waals surface area contributed by atoms with Gasteiger partial charge < -0.3 is 10.1 Å². The molecule has 126 valence electrons. The highest BCUT2D eigenvalue weighted by molar-refractivity contribution is 6.42. The van der Waals surface area contributed by atoms with Crippen molar-refractivity contribution in [2.45, 2.75) is 6.42 Å². The van der Waals surface area contributed by atoms with Gasteiger partial charge in [0.1, 0.15) is 5.75 Å². The SMILES string of the molecule is O=C(/C=C/c1ccc(Cl)cc1)NCCCOc1ccc(Cl)c(Cl)c1. The molecule has 3 nitrogen and oxygen atoms in total. The molecule has 0 aromatic heterocycles. The fourth-order valence-electron chi connectivity index (χ4n) is 1.85. The third kappa shape index (κ3) is 6.44. The van der Waals surface area contributed by atoms with Crippen molar-refractivity contribution < 1.29 is 9.53 Å². The van der Waals surface area contributed by atoms with Crippen molar-refractivity contribution in [3.63, 3.8) is 0 Å². The van der Waals surface area contributed by atoms with Crippen LogP contribution in [0.3, 0.4) is 0 Å². The number of rotatable bonds is 7. The lowest BCUT2D eigenvalue weighted by atomic mass is 10.2. The largest absolute Gasteiger partial charge is 0.493 e. The van der Waals surface area contributed by atoms with Crippen LogP contribution in [-0.4, -0.2) is 19.1 Å². The van der Waals surface area contributed by atoms with Crippen molar-refractivity contribution in [1.29, 1.82) is 0 Å². The van der Waals surface area contributed by atoms with E-state index < -0.39 is 0 Å². The van der Waals surface area contributed by atoms with E-state index in [2.05, 4.69) is 5.32 Å². The summed E-state index contributed by atoms with van der Waals surface area (Å²) in [4.78, 5) is 11.7. The molecule has 0 atom stereocenters. The second-order valence-electron chi connectivity index (χ2n) is 4.95. The quantitative estimate of drug-likeness (QED) is 0.523. The molecule has 0 aliphatic carbocycles. The van der Waals surface area contributed by atoms with Gasteiger partial charge in [-0.15, -0.1) is 0 Å². The van der Waals surface area contributed by atoms with Gasteiger partial charge in [0, 0.05) is 23.7 Å². The molecule has 0 fully saturated rings. The van der Waals surface area contributed by atoms with Crippen LogP contribution in [0, 0.1) is 0 Å². The van der Waals surface area contributed by atoms with E-state index in [9.17, 15) is 4.79 Å². The van der Waals surface area contributed by atoms with E-state index in [4.69, 9.17) is 39.5 Å². The Morgan fingerprint density at radius 3 is 2.50 bits per heavy atom. The fourth-order valence-corrected chi connectivity index (χ4v) is 2.26. The molecule has 6 heteroatoms. The Morgan fingerprint density at radius 2 is 1.79 bits per heavy atom. The molecule has 1 N–H and O–H groups in total. The van der Waals surface area contributed by atoms with Gasteiger partial charge in [-0.1, -0.05) is 46.9 Å². The van der Waals surface area contributed by atoms with Crippen molar-refractivity contribution in [2.75, 3.05) is 13.2 Å². The van der Waals surface area contributed by atoms with Crippen LogP contribution < -0.4 is 10.1 Å². The summed E-state index contributed by atoms with van der Waals surface area (Å²) in [7, 11) is 0. The first-order valence-corrected chi connectivity index (χ1v) is 8.47. The van der Waals surface area contributed by atoms with Gasteiger partial charge in [-0.3, -0.25) is 4.79 Å². The van der Waals surface area contributed by atoms with E-state index in [0.717, 1.165) is 5.56 Å². The normalized spacial score (nSPS) is 10.8. The Hall–Kier alpha value is -1.68. The minimum Gasteiger partial charge on any atom is -0.493 e. The van der Waals surface area contributed by atoms with Crippen LogP contribution in [0.2, 0.25) is 15.1 Å². The molecule has 0 bridgehead atoms. The van der Waals surface area contributed by atoms with Crippen LogP contribution in [0.5, 0.6) is 5.75 Å². The highest BCUT2D eigenvalue weighted by atomic mass is 35.5. The molecule has 0 spiro atoms. The summed E-state index contributed by atoms with van der Waals surface area (Å²) in [6.07, 6.45) is 3.90. The maximum atomic E-state index is 11.7. The average molecular weight is 385 g/mol. The molecule has 0 heterocycles. The number of amides is 1. The maximum absolute atomic E-state index is 11.7. The van der Waals surface area contributed by atoms with Crippen molar-refractivity contribution in [3.8, 4) is 5.75 Å². The van der Waals surface area contributed by atoms with Crippen LogP contribution in [0.4, 0.5) is 0 Å². The molecular weight excluding hydrogens is 369 g/mol. The van der Waals surface area contributed by atoms with E-state index in [0.29, 0.717) is 40.4 Å². The lowest BCUT2D eigenvalue weighted by Gasteiger charge is -2.07. The van der Waals surface area contributed by atoms with Gasteiger partial charge >= 0.3 is 0 Å². The van der Waals surface area contributed by atoms with Crippen LogP contribution in [0.15, 0.2) is 48.5 Å². The lowest BCUT2D eigenvalue weighted by Crippen LogP contribution is -2.23. The molecule has 2 aromatic carbocycles. The zero-order valence-electron chi connectivity index (χ0n) is 12.8. The van der Waals surface area contributed by atoms with Crippen molar-refractivity contribution in [3.05, 3.63) is 69.2 Å². The summed E-state index contributed by atoms with van der Waals surface area (Å²) in [5.41, 5.74) is 0.914. The number of benzene rings is 2. The average Bonchev–Trinajstić information content (AvgIpc) is 2.57. The number of ether oxygens (including phenoxy) is 1. The Balaban J connectivity index is 1.65. The molecule has 24 heavy (non-hydrogen) atoms. The van der Waals surface area contributed by atoms with Gasteiger partial charge in [-0.2, -0.15) is 0 Å². The smallest absolute Gasteiger partial charge is 0.244 e. The van der Waals surface area contributed by atoms with Gasteiger partial charge in [0.05, 0.1) is 16.7 Å². The van der Waals surface area contributed by atoms with E-state index in [-0.39, 0.29) is 5.91 Å². The number of carbonyl (C=O) groups is 1. The second kappa shape index (κ2) is 9.58. The molecule has 1 amide bonds. The van der Waals surface area contributed by atoms with Crippen molar-refractivity contribution in [2.24, 2.45) is 0 Å². The standard InChI is InChI=1S/C18H16Cl3NO2/c19-14-5-2-13(3-6-14)4-9-18(23)22-10-1-11-24-15-7-8-16(20)17(21)12-15/h2-9,12H,1,10-11H2,(H,22,23)/b9-4+. The lowest BCUT2D eigenvalue weighted by molar-refractivity contribution is -0.116. The predicted octanol–water partition coefficient (Wildman–Crippen LogP) is 5.25. The van der Waals surface area contributed by atoms with Gasteiger partial charge in [0.2, 0.25) is 5.91 Å². The predicted molar refractivity (Wildman–Crippen MR) is 100 cm³/mol. The minimum absolute atomic E-state index is 0.153. The van der Waals surface area contributed by atoms with Gasteiger partial charge in [-0.05, 0) is 42.3 Å². The summed E-state index contributed by atoms with van der Waals surface area (Å²) in [5.74, 6) is 0.498. The zero-order chi connectivity index (χ0) is 17.4. The summed E-state index contributed by atoms with van der Waals surface area (Å²) in [6, 6.07) is 12.3. The van der Waals surface area contributed by atoms with Gasteiger partial charge in [-0.25, -0.2) is 0 Å². The number of hydrogen-bond donors (Lipinski definition) is 1. The number of nitrogens with one attached hydrogen (secondary N) is 1. The van der Waals surface area contributed by atoms with Crippen molar-refractivity contribution >= 4 is 46.8 Å². The second-order valence-corrected chi connectivity index (χ2v) is 6.20. The fraction of sp³-hybridized carbons (Fsp3) is 0.167. The summed E-state index contributed by atoms with van der Waals surface area (Å²) >= 11 is 17.5. The molecule has 2 rings (SSSR count). The van der Waals surface area contributed by atoms with Crippen LogP contribution in [0.25, 0.3) is 6.08 Å². The topological polar surface area (TPSA) is 38.3 Å². The van der Waals surface area contributed by atoms with Crippen LogP contribution in [-0.2, 0) is 4.79 Å². The van der Waals surface area contributed by atoms with E-state index in [1.165, 1.54) is 6.08 Å². The van der Waals surface area contributed by atoms with Gasteiger partial charge in [0.15, 0.2) is 0 Å². The van der Waals surface area contributed by atoms with Crippen LogP contribution in [0.1, 0.15) is 12.0 Å². The summed E-state index contributed by atoms with van der Waals surface area (Å²) in [6.45, 7) is 0.990. The minimum atomic E-state index is -0.153. The molecule has 0 saturated heterocycles. The number of hydrogen-bond acceptors (Lipinski definition) is 2.